The van der Waals surface area contributed by atoms with Gasteiger partial charge in [-0.05, 0) is 36.7 Å². The van der Waals surface area contributed by atoms with Crippen LogP contribution in [-0.2, 0) is 5.11 Å². The molecule has 2 nitrogen and oxygen atoms in total. The van der Waals surface area contributed by atoms with Crippen molar-refractivity contribution in [1.29, 1.82) is 0 Å². The summed E-state index contributed by atoms with van der Waals surface area (Å²) >= 11 is 0. The second-order valence-electron chi connectivity index (χ2n) is 4.85. The third kappa shape index (κ3) is 3.73. The van der Waals surface area contributed by atoms with Gasteiger partial charge in [-0.25, -0.2) is 0 Å². The van der Waals surface area contributed by atoms with E-state index in [1.165, 1.54) is 12.0 Å². The molecule has 0 spiro atoms. The molecule has 0 aliphatic heterocycles. The maximum Gasteiger partial charge on any atom is 0.240 e. The molecule has 1 aliphatic carbocycles. The summed E-state index contributed by atoms with van der Waals surface area (Å²) in [4.78, 5) is 3.62. The van der Waals surface area contributed by atoms with Gasteiger partial charge in [0, 0.05) is 13.5 Å². The maximum absolute atomic E-state index is 11.0. The fraction of sp³-hybridized carbons (Fsp3) is 0.438. The molecule has 0 amide bonds. The molecule has 1 saturated carbocycles. The SMILES string of the molecule is CN=C([O])CCC/C=C/[C@H]1C[C@@H]1c1ccccc1. The highest BCUT2D eigenvalue weighted by Crippen LogP contribution is 2.48. The van der Waals surface area contributed by atoms with Gasteiger partial charge >= 0.3 is 0 Å². The molecule has 0 N–H and O–H groups in total. The summed E-state index contributed by atoms with van der Waals surface area (Å²) in [5.74, 6) is 1.44. The molecule has 2 heteroatoms. The van der Waals surface area contributed by atoms with Gasteiger partial charge in [0.1, 0.15) is 0 Å². The van der Waals surface area contributed by atoms with E-state index < -0.39 is 0 Å². The predicted octanol–water partition coefficient (Wildman–Crippen LogP) is 3.98. The van der Waals surface area contributed by atoms with Crippen LogP contribution in [-0.4, -0.2) is 12.9 Å². The third-order valence-electron chi connectivity index (χ3n) is 3.46. The zero-order chi connectivity index (χ0) is 12.8. The second-order valence-corrected chi connectivity index (χ2v) is 4.85. The normalized spacial score (nSPS) is 23.5. The van der Waals surface area contributed by atoms with Crippen molar-refractivity contribution < 1.29 is 5.11 Å². The van der Waals surface area contributed by atoms with Crippen molar-refractivity contribution in [3.05, 3.63) is 48.0 Å². The molecule has 0 unspecified atom stereocenters. The van der Waals surface area contributed by atoms with Crippen molar-refractivity contribution >= 4 is 5.90 Å². The predicted molar refractivity (Wildman–Crippen MR) is 74.3 cm³/mol. The molecule has 2 rings (SSSR count). The zero-order valence-corrected chi connectivity index (χ0v) is 10.9. The topological polar surface area (TPSA) is 32.3 Å². The first kappa shape index (κ1) is 12.9. The number of unbranched alkanes of at least 4 members (excludes halogenated alkanes) is 1. The minimum Gasteiger partial charge on any atom is -0.273 e. The van der Waals surface area contributed by atoms with Crippen LogP contribution < -0.4 is 0 Å². The standard InChI is InChI=1S/C16H20NO/c1-17-16(18)11-7-3-6-10-14-12-15(14)13-8-4-2-5-9-13/h2,4-6,8-10,14-15H,3,7,11-12H2,1H3/b10-6+,17-16?/t14-,15+/m0/s1. The molecule has 2 atom stereocenters. The molecule has 0 bridgehead atoms. The Hall–Kier alpha value is -1.57. The van der Waals surface area contributed by atoms with Crippen LogP contribution >= 0.6 is 0 Å². The van der Waals surface area contributed by atoms with E-state index in [1.807, 2.05) is 0 Å². The Morgan fingerprint density at radius 3 is 2.89 bits per heavy atom. The molecule has 18 heavy (non-hydrogen) atoms. The Kier molecular flexibility index (Phi) is 4.57. The first-order valence-corrected chi connectivity index (χ1v) is 6.65. The van der Waals surface area contributed by atoms with Gasteiger partial charge in [0.05, 0.1) is 0 Å². The zero-order valence-electron chi connectivity index (χ0n) is 10.9. The Labute approximate surface area is 109 Å². The number of aliphatic imine (C=N–C) groups is 1. The van der Waals surface area contributed by atoms with Gasteiger partial charge in [-0.15, -0.1) is 0 Å². The molecule has 0 saturated heterocycles. The summed E-state index contributed by atoms with van der Waals surface area (Å²) in [5, 5.41) is 11.0. The van der Waals surface area contributed by atoms with Crippen LogP contribution in [0.1, 0.15) is 37.2 Å². The van der Waals surface area contributed by atoms with Gasteiger partial charge < -0.3 is 0 Å². The lowest BCUT2D eigenvalue weighted by atomic mass is 10.1. The quantitative estimate of drug-likeness (QED) is 0.313. The van der Waals surface area contributed by atoms with Crippen molar-refractivity contribution in [2.75, 3.05) is 7.05 Å². The van der Waals surface area contributed by atoms with Gasteiger partial charge in [-0.3, -0.25) is 10.1 Å². The van der Waals surface area contributed by atoms with Crippen LogP contribution in [0.3, 0.4) is 0 Å². The van der Waals surface area contributed by atoms with Crippen LogP contribution in [0.25, 0.3) is 0 Å². The molecular formula is C16H20NO. The number of hydrogen-bond donors (Lipinski definition) is 0. The monoisotopic (exact) mass is 242 g/mol. The maximum atomic E-state index is 11.0. The molecule has 0 heterocycles. The first-order chi connectivity index (χ1) is 8.81. The largest absolute Gasteiger partial charge is 0.273 e. The second kappa shape index (κ2) is 6.39. The van der Waals surface area contributed by atoms with E-state index in [1.54, 1.807) is 7.05 Å². The van der Waals surface area contributed by atoms with E-state index >= 15 is 0 Å². The van der Waals surface area contributed by atoms with E-state index in [0.29, 0.717) is 12.3 Å². The highest BCUT2D eigenvalue weighted by Gasteiger charge is 2.35. The van der Waals surface area contributed by atoms with Crippen LogP contribution in [0.5, 0.6) is 0 Å². The van der Waals surface area contributed by atoms with Gasteiger partial charge in [0.2, 0.25) is 5.90 Å². The van der Waals surface area contributed by atoms with Crippen LogP contribution in [0.4, 0.5) is 0 Å². The Morgan fingerprint density at radius 1 is 1.39 bits per heavy atom. The van der Waals surface area contributed by atoms with Gasteiger partial charge in [0.25, 0.3) is 0 Å². The molecule has 1 fully saturated rings. The average Bonchev–Trinajstić information content (AvgIpc) is 3.18. The van der Waals surface area contributed by atoms with E-state index in [9.17, 15) is 5.11 Å². The fourth-order valence-electron chi connectivity index (χ4n) is 2.26. The third-order valence-corrected chi connectivity index (χ3v) is 3.46. The van der Waals surface area contributed by atoms with Crippen molar-refractivity contribution in [3.8, 4) is 0 Å². The molecule has 95 valence electrons. The van der Waals surface area contributed by atoms with Crippen molar-refractivity contribution in [2.45, 2.75) is 31.6 Å². The Balaban J connectivity index is 1.67. The summed E-state index contributed by atoms with van der Waals surface area (Å²) in [6, 6.07) is 10.7. The van der Waals surface area contributed by atoms with Crippen LogP contribution in [0.2, 0.25) is 0 Å². The van der Waals surface area contributed by atoms with E-state index in [-0.39, 0.29) is 5.90 Å². The highest BCUT2D eigenvalue weighted by atomic mass is 16.3. The summed E-state index contributed by atoms with van der Waals surface area (Å²) in [7, 11) is 1.56. The number of hydrogen-bond acceptors (Lipinski definition) is 1. The van der Waals surface area contributed by atoms with Gasteiger partial charge in [0.15, 0.2) is 0 Å². The van der Waals surface area contributed by atoms with Gasteiger partial charge in [-0.2, -0.15) is 0 Å². The first-order valence-electron chi connectivity index (χ1n) is 6.65. The number of nitrogens with zero attached hydrogens (tertiary/aromatic N) is 1. The number of allylic oxidation sites excluding steroid dienone is 2. The molecule has 1 aromatic carbocycles. The van der Waals surface area contributed by atoms with Crippen molar-refractivity contribution in [3.63, 3.8) is 0 Å². The summed E-state index contributed by atoms with van der Waals surface area (Å²) in [6.45, 7) is 0. The highest BCUT2D eigenvalue weighted by molar-refractivity contribution is 5.72. The van der Waals surface area contributed by atoms with Crippen LogP contribution in [0, 0.1) is 5.92 Å². The summed E-state index contributed by atoms with van der Waals surface area (Å²) < 4.78 is 0. The fourth-order valence-corrected chi connectivity index (χ4v) is 2.26. The average molecular weight is 242 g/mol. The van der Waals surface area contributed by atoms with Crippen molar-refractivity contribution in [1.82, 2.24) is 0 Å². The number of rotatable bonds is 6. The minimum absolute atomic E-state index is 0.0111. The lowest BCUT2D eigenvalue weighted by molar-refractivity contribution is 0.408. The van der Waals surface area contributed by atoms with Crippen molar-refractivity contribution in [2.24, 2.45) is 10.9 Å². The summed E-state index contributed by atoms with van der Waals surface area (Å²) in [5.41, 5.74) is 1.45. The molecule has 1 aliphatic rings. The van der Waals surface area contributed by atoms with Gasteiger partial charge in [-0.1, -0.05) is 42.5 Å². The van der Waals surface area contributed by atoms with Crippen LogP contribution in [0.15, 0.2) is 47.5 Å². The molecule has 1 aromatic rings. The van der Waals surface area contributed by atoms with E-state index in [4.69, 9.17) is 0 Å². The molecule has 0 aromatic heterocycles. The summed E-state index contributed by atoms with van der Waals surface area (Å²) in [6.07, 6.45) is 8.27. The minimum atomic E-state index is 0.0111. The van der Waals surface area contributed by atoms with E-state index in [2.05, 4.69) is 47.5 Å². The molecular weight excluding hydrogens is 222 g/mol. The van der Waals surface area contributed by atoms with E-state index in [0.717, 1.165) is 18.8 Å². The lowest BCUT2D eigenvalue weighted by Gasteiger charge is -1.96. The molecule has 1 radical (unpaired) electrons. The smallest absolute Gasteiger partial charge is 0.240 e. The Morgan fingerprint density at radius 2 is 2.17 bits per heavy atom. The number of benzene rings is 1. The lowest BCUT2D eigenvalue weighted by Crippen LogP contribution is -1.92. The Bertz CT molecular complexity index is 422.